The van der Waals surface area contributed by atoms with Crippen molar-refractivity contribution >= 4 is 5.96 Å². The first-order valence-electron chi connectivity index (χ1n) is 2.15. The van der Waals surface area contributed by atoms with Gasteiger partial charge in [-0.2, -0.15) is 5.10 Å². The van der Waals surface area contributed by atoms with Crippen molar-refractivity contribution in [2.45, 2.75) is 0 Å². The van der Waals surface area contributed by atoms with Crippen LogP contribution in [0.15, 0.2) is 18.5 Å². The van der Waals surface area contributed by atoms with Crippen LogP contribution in [0, 0.1) is 5.41 Å². The first-order valence-corrected chi connectivity index (χ1v) is 2.15. The summed E-state index contributed by atoms with van der Waals surface area (Å²) >= 11 is 0. The van der Waals surface area contributed by atoms with E-state index in [0.29, 0.717) is 0 Å². The van der Waals surface area contributed by atoms with E-state index in [2.05, 4.69) is 5.10 Å². The fraction of sp³-hybridized carbons (Fsp3) is 0. The average molecular weight is 111 g/mol. The highest BCUT2D eigenvalue weighted by Gasteiger charge is 1.87. The first kappa shape index (κ1) is 4.83. The summed E-state index contributed by atoms with van der Waals surface area (Å²) in [5.74, 6) is -0.0602. The van der Waals surface area contributed by atoms with Crippen LogP contribution in [0.2, 0.25) is 0 Å². The first-order chi connectivity index (χ1) is 3.80. The lowest BCUT2D eigenvalue weighted by molar-refractivity contribution is 0.912. The van der Waals surface area contributed by atoms with Crippen molar-refractivity contribution in [2.24, 2.45) is 5.73 Å². The maximum atomic E-state index is 6.83. The van der Waals surface area contributed by atoms with Gasteiger partial charge in [0.15, 0.2) is 0 Å². The van der Waals surface area contributed by atoms with Crippen LogP contribution in [0.4, 0.5) is 0 Å². The van der Waals surface area contributed by atoms with E-state index in [1.165, 1.54) is 4.68 Å². The normalized spacial score (nSPS) is 9.00. The molecule has 0 fully saturated rings. The molecule has 0 unspecified atom stereocenters. The van der Waals surface area contributed by atoms with Crippen molar-refractivity contribution in [1.82, 2.24) is 9.78 Å². The molecular weight excluding hydrogens is 104 g/mol. The Hall–Kier alpha value is -1.32. The molecule has 0 amide bonds. The summed E-state index contributed by atoms with van der Waals surface area (Å²) in [4.78, 5) is 0. The topological polar surface area (TPSA) is 67.7 Å². The van der Waals surface area contributed by atoms with E-state index in [9.17, 15) is 0 Å². The van der Waals surface area contributed by atoms with Crippen LogP contribution in [-0.4, -0.2) is 15.7 Å². The van der Waals surface area contributed by atoms with Gasteiger partial charge in [-0.05, 0) is 6.07 Å². The van der Waals surface area contributed by atoms with Crippen LogP contribution in [0.5, 0.6) is 0 Å². The second-order valence-corrected chi connectivity index (χ2v) is 1.34. The highest BCUT2D eigenvalue weighted by Crippen LogP contribution is 1.77. The van der Waals surface area contributed by atoms with Crippen molar-refractivity contribution in [3.8, 4) is 0 Å². The van der Waals surface area contributed by atoms with Gasteiger partial charge < -0.3 is 5.73 Å². The predicted molar refractivity (Wildman–Crippen MR) is 30.7 cm³/mol. The Balaban J connectivity index is 0.000000640. The summed E-state index contributed by atoms with van der Waals surface area (Å²) in [5.41, 5.74) is 5.04. The third kappa shape index (κ3) is 0.676. The van der Waals surface area contributed by atoms with E-state index in [1.807, 2.05) is 0 Å². The lowest BCUT2D eigenvalue weighted by Gasteiger charge is -1.91. The molecule has 0 aromatic carbocycles. The third-order valence-corrected chi connectivity index (χ3v) is 0.751. The van der Waals surface area contributed by atoms with E-state index in [0.717, 1.165) is 0 Å². The third-order valence-electron chi connectivity index (χ3n) is 0.751. The van der Waals surface area contributed by atoms with Gasteiger partial charge in [0.1, 0.15) is 0 Å². The average Bonchev–Trinajstić information content (AvgIpc) is 2.12. The van der Waals surface area contributed by atoms with Crippen molar-refractivity contribution < 1.29 is 1.43 Å². The number of nitrogens with zero attached hydrogens (tertiary/aromatic N) is 2. The number of hydrogen-bond acceptors (Lipinski definition) is 2. The van der Waals surface area contributed by atoms with Gasteiger partial charge in [-0.3, -0.25) is 5.41 Å². The van der Waals surface area contributed by atoms with E-state index < -0.39 is 0 Å². The Kier molecular flexibility index (Phi) is 0.997. The second-order valence-electron chi connectivity index (χ2n) is 1.34. The van der Waals surface area contributed by atoms with E-state index in [-0.39, 0.29) is 7.39 Å². The zero-order chi connectivity index (χ0) is 5.98. The summed E-state index contributed by atoms with van der Waals surface area (Å²) in [7, 11) is 0. The smallest absolute Gasteiger partial charge is 0.368 e. The van der Waals surface area contributed by atoms with E-state index >= 15 is 0 Å². The van der Waals surface area contributed by atoms with E-state index in [1.54, 1.807) is 18.5 Å². The van der Waals surface area contributed by atoms with Crippen molar-refractivity contribution in [3.05, 3.63) is 18.5 Å². The minimum Gasteiger partial charge on any atom is -0.368 e. The lowest BCUT2D eigenvalue weighted by atomic mass is 10.7. The molecule has 1 heterocycles. The molecule has 0 atom stereocenters. The second kappa shape index (κ2) is 1.65. The number of rotatable bonds is 0. The zero-order valence-electron chi connectivity index (χ0n) is 5.20. The Labute approximate surface area is 47.9 Å². The molecule has 4 heteroatoms. The molecule has 0 spiro atoms. The maximum Gasteiger partial charge on any atom is 1.00 e. The van der Waals surface area contributed by atoms with Crippen LogP contribution in [0.3, 0.4) is 0 Å². The van der Waals surface area contributed by atoms with Gasteiger partial charge in [0, 0.05) is 12.4 Å². The summed E-state index contributed by atoms with van der Waals surface area (Å²) in [6, 6.07) is 1.71. The molecule has 0 radical (unpaired) electrons. The molecule has 0 saturated carbocycles. The molecule has 0 saturated heterocycles. The monoisotopic (exact) mass is 111 g/mol. The predicted octanol–water partition coefficient (Wildman–Crippen LogP) is -0.263. The van der Waals surface area contributed by atoms with Crippen molar-refractivity contribution in [1.29, 1.82) is 5.41 Å². The largest absolute Gasteiger partial charge is 1.00 e. The number of hydrogen-bond donors (Lipinski definition) is 2. The highest BCUT2D eigenvalue weighted by atomic mass is 15.3. The molecule has 1 rings (SSSR count). The number of nitrogens with two attached hydrogens (primary N) is 1. The van der Waals surface area contributed by atoms with Crippen molar-refractivity contribution in [3.63, 3.8) is 0 Å². The van der Waals surface area contributed by atoms with Crippen molar-refractivity contribution in [2.75, 3.05) is 0 Å². The SMILES string of the molecule is N=C(N)n1cccn1.[H+]. The molecule has 0 aliphatic heterocycles. The van der Waals surface area contributed by atoms with Crippen LogP contribution in [-0.2, 0) is 0 Å². The number of aromatic nitrogens is 2. The van der Waals surface area contributed by atoms with Crippen LogP contribution >= 0.6 is 0 Å². The van der Waals surface area contributed by atoms with Gasteiger partial charge in [0.2, 0.25) is 5.96 Å². The molecule has 0 aliphatic rings. The zero-order valence-corrected chi connectivity index (χ0v) is 4.20. The van der Waals surface area contributed by atoms with Gasteiger partial charge >= 0.3 is 1.43 Å². The summed E-state index contributed by atoms with van der Waals surface area (Å²) < 4.78 is 1.28. The van der Waals surface area contributed by atoms with E-state index in [4.69, 9.17) is 11.1 Å². The summed E-state index contributed by atoms with van der Waals surface area (Å²) in [6.45, 7) is 0. The molecule has 42 valence electrons. The lowest BCUT2D eigenvalue weighted by Crippen LogP contribution is -2.20. The quantitative estimate of drug-likeness (QED) is 0.357. The highest BCUT2D eigenvalue weighted by molar-refractivity contribution is 5.75. The van der Waals surface area contributed by atoms with Crippen LogP contribution in [0.25, 0.3) is 0 Å². The van der Waals surface area contributed by atoms with Crippen LogP contribution < -0.4 is 5.73 Å². The summed E-state index contributed by atoms with van der Waals surface area (Å²) in [5, 5.41) is 10.5. The molecule has 3 N–H and O–H groups in total. The molecule has 0 bridgehead atoms. The van der Waals surface area contributed by atoms with Gasteiger partial charge in [0.05, 0.1) is 0 Å². The molecular formula is C4H7N4+. The Morgan fingerprint density at radius 3 is 2.88 bits per heavy atom. The maximum absolute atomic E-state index is 6.83. The molecule has 4 nitrogen and oxygen atoms in total. The number of nitrogen functional groups attached to an aromatic ring is 1. The minimum absolute atomic E-state index is 0. The molecule has 8 heavy (non-hydrogen) atoms. The molecule has 1 aromatic heterocycles. The molecule has 0 aliphatic carbocycles. The minimum atomic E-state index is -0.0602. The Bertz CT molecular complexity index is 180. The number of nitrogens with one attached hydrogen (secondary N) is 1. The van der Waals surface area contributed by atoms with Gasteiger partial charge in [-0.1, -0.05) is 0 Å². The van der Waals surface area contributed by atoms with Gasteiger partial charge in [-0.15, -0.1) is 0 Å². The Morgan fingerprint density at radius 2 is 2.62 bits per heavy atom. The Morgan fingerprint density at radius 1 is 1.88 bits per heavy atom. The van der Waals surface area contributed by atoms with Gasteiger partial charge in [-0.25, -0.2) is 4.68 Å². The fourth-order valence-electron chi connectivity index (χ4n) is 0.411. The fourth-order valence-corrected chi connectivity index (χ4v) is 0.411. The standard InChI is InChI=1S/C4H6N4/c5-4(6)8-3-1-2-7-8/h1-3H,(H3,5,6)/p+1. The van der Waals surface area contributed by atoms with Gasteiger partial charge in [0.25, 0.3) is 0 Å². The van der Waals surface area contributed by atoms with Crippen LogP contribution in [0.1, 0.15) is 1.43 Å². The summed E-state index contributed by atoms with van der Waals surface area (Å²) in [6.07, 6.45) is 3.18. The molecule has 1 aromatic rings.